The lowest BCUT2D eigenvalue weighted by molar-refractivity contribution is -0.192. The van der Waals surface area contributed by atoms with Crippen LogP contribution in [0.5, 0.6) is 5.75 Å². The number of fused-ring (bicyclic) bond motifs is 1. The molecule has 170 valence electrons. The highest BCUT2D eigenvalue weighted by Gasteiger charge is 2.38. The van der Waals surface area contributed by atoms with Crippen molar-refractivity contribution in [2.24, 2.45) is 5.73 Å². The maximum absolute atomic E-state index is 12.0. The predicted molar refractivity (Wildman–Crippen MR) is 104 cm³/mol. The molecule has 1 aromatic heterocycles. The number of methoxy groups -OCH3 is 1. The number of carbonyl (C=O) groups is 2. The van der Waals surface area contributed by atoms with Crippen molar-refractivity contribution in [3.05, 3.63) is 40.2 Å². The van der Waals surface area contributed by atoms with Crippen LogP contribution in [0.15, 0.2) is 29.1 Å². The van der Waals surface area contributed by atoms with Crippen LogP contribution in [0.4, 0.5) is 13.2 Å². The molecule has 0 saturated heterocycles. The number of ether oxygens (including phenoxy) is 2. The molecular weight excluding hydrogens is 425 g/mol. The highest BCUT2D eigenvalue weighted by Crippen LogP contribution is 2.19. The van der Waals surface area contributed by atoms with E-state index in [9.17, 15) is 22.8 Å². The van der Waals surface area contributed by atoms with E-state index in [1.54, 1.807) is 18.2 Å². The van der Waals surface area contributed by atoms with E-state index in [1.807, 2.05) is 6.07 Å². The van der Waals surface area contributed by atoms with Gasteiger partial charge in [-0.05, 0) is 30.0 Å². The molecule has 0 radical (unpaired) electrons. The summed E-state index contributed by atoms with van der Waals surface area (Å²) in [5, 5.41) is 17.7. The number of pyridine rings is 1. The maximum atomic E-state index is 12.0. The molecular formula is C18H21F3N4O6. The van der Waals surface area contributed by atoms with Gasteiger partial charge in [-0.1, -0.05) is 0 Å². The van der Waals surface area contributed by atoms with Crippen LogP contribution in [0.25, 0.3) is 10.9 Å². The molecule has 0 unspecified atom stereocenters. The van der Waals surface area contributed by atoms with Crippen LogP contribution in [0.2, 0.25) is 0 Å². The van der Waals surface area contributed by atoms with Crippen LogP contribution in [0.3, 0.4) is 0 Å². The SMILES string of the molecule is COC(=O)Cc1cc2ccc(OCCCNC(=N)N)cc2[nH]c1=O.O=C(O)C(F)(F)F. The Morgan fingerprint density at radius 3 is 2.48 bits per heavy atom. The minimum atomic E-state index is -5.08. The Morgan fingerprint density at radius 2 is 1.94 bits per heavy atom. The number of aromatic amines is 1. The summed E-state index contributed by atoms with van der Waals surface area (Å²) in [5.74, 6) is -2.66. The maximum Gasteiger partial charge on any atom is 0.490 e. The predicted octanol–water partition coefficient (Wildman–Crippen LogP) is 1.13. The average Bonchev–Trinajstić information content (AvgIpc) is 2.67. The van der Waals surface area contributed by atoms with Gasteiger partial charge < -0.3 is 30.6 Å². The minimum absolute atomic E-state index is 0.0663. The number of nitrogens with two attached hydrogens (primary N) is 1. The molecule has 2 aromatic rings. The van der Waals surface area contributed by atoms with E-state index in [0.717, 1.165) is 5.39 Å². The Bertz CT molecular complexity index is 990. The number of nitrogens with one attached hydrogen (secondary N) is 3. The Balaban J connectivity index is 0.000000592. The van der Waals surface area contributed by atoms with Gasteiger partial charge >= 0.3 is 18.1 Å². The van der Waals surface area contributed by atoms with Crippen LogP contribution in [-0.2, 0) is 20.7 Å². The Labute approximate surface area is 173 Å². The molecule has 31 heavy (non-hydrogen) atoms. The first-order chi connectivity index (χ1) is 14.4. The van der Waals surface area contributed by atoms with Gasteiger partial charge in [0.25, 0.3) is 5.56 Å². The van der Waals surface area contributed by atoms with Crippen LogP contribution in [0, 0.1) is 5.41 Å². The van der Waals surface area contributed by atoms with E-state index >= 15 is 0 Å². The Morgan fingerprint density at radius 1 is 1.29 bits per heavy atom. The fourth-order valence-electron chi connectivity index (χ4n) is 2.16. The zero-order valence-corrected chi connectivity index (χ0v) is 16.3. The molecule has 13 heteroatoms. The van der Waals surface area contributed by atoms with Crippen molar-refractivity contribution in [2.75, 3.05) is 20.3 Å². The van der Waals surface area contributed by atoms with Gasteiger partial charge in [0.05, 0.1) is 25.7 Å². The van der Waals surface area contributed by atoms with E-state index in [2.05, 4.69) is 15.0 Å². The van der Waals surface area contributed by atoms with Crippen molar-refractivity contribution in [2.45, 2.75) is 19.0 Å². The molecule has 10 nitrogen and oxygen atoms in total. The average molecular weight is 446 g/mol. The first kappa shape index (κ1) is 25.3. The number of aromatic nitrogens is 1. The van der Waals surface area contributed by atoms with Crippen molar-refractivity contribution in [1.82, 2.24) is 10.3 Å². The number of carboxylic acids is 1. The van der Waals surface area contributed by atoms with E-state index < -0.39 is 18.1 Å². The number of esters is 1. The van der Waals surface area contributed by atoms with Gasteiger partial charge in [-0.25, -0.2) is 4.79 Å². The molecule has 0 aliphatic carbocycles. The summed E-state index contributed by atoms with van der Waals surface area (Å²) in [5.41, 5.74) is 5.85. The van der Waals surface area contributed by atoms with E-state index in [0.29, 0.717) is 36.4 Å². The Hall–Kier alpha value is -3.77. The standard InChI is InChI=1S/C16H20N4O4.C2HF3O2/c1-23-14(21)8-11-7-10-3-4-12(9-13(10)20-15(11)22)24-6-2-5-19-16(17)18;3-2(4,5)1(6)7/h3-4,7,9H,2,5-6,8H2,1H3,(H,20,22)(H4,17,18,19);(H,6,7). The van der Waals surface area contributed by atoms with Crippen LogP contribution in [-0.4, -0.2) is 54.4 Å². The molecule has 1 heterocycles. The monoisotopic (exact) mass is 446 g/mol. The summed E-state index contributed by atoms with van der Waals surface area (Å²) < 4.78 is 41.9. The number of halogens is 3. The van der Waals surface area contributed by atoms with Gasteiger partial charge in [-0.15, -0.1) is 0 Å². The summed E-state index contributed by atoms with van der Waals surface area (Å²) in [4.78, 5) is 35.0. The molecule has 0 saturated carbocycles. The third-order valence-electron chi connectivity index (χ3n) is 3.60. The van der Waals surface area contributed by atoms with Crippen molar-refractivity contribution < 1.29 is 37.3 Å². The van der Waals surface area contributed by atoms with Crippen molar-refractivity contribution >= 4 is 28.8 Å². The molecule has 0 spiro atoms. The zero-order valence-electron chi connectivity index (χ0n) is 16.3. The van der Waals surface area contributed by atoms with Gasteiger partial charge in [-0.3, -0.25) is 15.0 Å². The number of alkyl halides is 3. The lowest BCUT2D eigenvalue weighted by atomic mass is 10.1. The lowest BCUT2D eigenvalue weighted by Gasteiger charge is -2.08. The highest BCUT2D eigenvalue weighted by atomic mass is 19.4. The van der Waals surface area contributed by atoms with Gasteiger partial charge in [0.2, 0.25) is 0 Å². The van der Waals surface area contributed by atoms with Crippen LogP contribution in [0.1, 0.15) is 12.0 Å². The number of H-pyrrole nitrogens is 1. The molecule has 6 N–H and O–H groups in total. The number of carbonyl (C=O) groups excluding carboxylic acids is 1. The normalized spacial score (nSPS) is 10.6. The number of guanidine groups is 1. The topological polar surface area (TPSA) is 168 Å². The molecule has 1 aromatic carbocycles. The molecule has 0 atom stereocenters. The quantitative estimate of drug-likeness (QED) is 0.183. The van der Waals surface area contributed by atoms with Gasteiger partial charge in [0.15, 0.2) is 5.96 Å². The number of rotatable bonds is 7. The van der Waals surface area contributed by atoms with Crippen LogP contribution >= 0.6 is 0 Å². The third-order valence-corrected chi connectivity index (χ3v) is 3.60. The van der Waals surface area contributed by atoms with Crippen LogP contribution < -0.4 is 21.3 Å². The number of aliphatic carboxylic acids is 1. The molecule has 0 aliphatic rings. The summed E-state index contributed by atoms with van der Waals surface area (Å²) >= 11 is 0. The third kappa shape index (κ3) is 9.06. The summed E-state index contributed by atoms with van der Waals surface area (Å²) in [6.45, 7) is 1.01. The number of benzene rings is 1. The lowest BCUT2D eigenvalue weighted by Crippen LogP contribution is -2.31. The summed E-state index contributed by atoms with van der Waals surface area (Å²) in [6.07, 6.45) is -4.46. The van der Waals surface area contributed by atoms with Crippen molar-refractivity contribution in [3.63, 3.8) is 0 Å². The molecule has 0 amide bonds. The summed E-state index contributed by atoms with van der Waals surface area (Å²) in [6, 6.07) is 7.01. The van der Waals surface area contributed by atoms with E-state index in [-0.39, 0.29) is 17.9 Å². The second-order valence-corrected chi connectivity index (χ2v) is 5.97. The van der Waals surface area contributed by atoms with Crippen molar-refractivity contribution in [3.8, 4) is 5.75 Å². The largest absolute Gasteiger partial charge is 0.493 e. The number of hydrogen-bond donors (Lipinski definition) is 5. The zero-order chi connectivity index (χ0) is 23.6. The Kier molecular flexibility index (Phi) is 9.31. The number of carboxylic acid groups (broad SMARTS) is 1. The van der Waals surface area contributed by atoms with Gasteiger partial charge in [-0.2, -0.15) is 13.2 Å². The molecule has 0 fully saturated rings. The molecule has 0 aliphatic heterocycles. The molecule has 2 rings (SSSR count). The second kappa shape index (κ2) is 11.4. The fraction of sp³-hybridized carbons (Fsp3) is 0.333. The van der Waals surface area contributed by atoms with Crippen molar-refractivity contribution in [1.29, 1.82) is 5.41 Å². The molecule has 0 bridgehead atoms. The fourth-order valence-corrected chi connectivity index (χ4v) is 2.16. The minimum Gasteiger partial charge on any atom is -0.493 e. The van der Waals surface area contributed by atoms with E-state index in [1.165, 1.54) is 7.11 Å². The highest BCUT2D eigenvalue weighted by molar-refractivity contribution is 5.82. The van der Waals surface area contributed by atoms with E-state index in [4.69, 9.17) is 25.8 Å². The van der Waals surface area contributed by atoms with Gasteiger partial charge in [0, 0.05) is 18.2 Å². The number of hydrogen-bond acceptors (Lipinski definition) is 6. The summed E-state index contributed by atoms with van der Waals surface area (Å²) in [7, 11) is 1.28. The second-order valence-electron chi connectivity index (χ2n) is 5.97. The van der Waals surface area contributed by atoms with Gasteiger partial charge in [0.1, 0.15) is 5.75 Å². The first-order valence-electron chi connectivity index (χ1n) is 8.67. The smallest absolute Gasteiger partial charge is 0.490 e. The first-order valence-corrected chi connectivity index (χ1v) is 8.67.